The Morgan fingerprint density at radius 3 is 2.33 bits per heavy atom. The van der Waals surface area contributed by atoms with Crippen LogP contribution in [0.1, 0.15) is 31.4 Å². The molecule has 0 heterocycles. The summed E-state index contributed by atoms with van der Waals surface area (Å²) in [6.07, 6.45) is 0.999. The van der Waals surface area contributed by atoms with Gasteiger partial charge in [-0.3, -0.25) is 0 Å². The van der Waals surface area contributed by atoms with Crippen LogP contribution in [0.2, 0.25) is 0 Å². The molecule has 1 rings (SSSR count). The summed E-state index contributed by atoms with van der Waals surface area (Å²) in [5.74, 6) is 0. The summed E-state index contributed by atoms with van der Waals surface area (Å²) >= 11 is 0. The molecule has 0 bridgehead atoms. The first-order valence-electron chi connectivity index (χ1n) is 5.52. The molecule has 0 atom stereocenters. The highest BCUT2D eigenvalue weighted by Crippen LogP contribution is 2.04. The number of benzene rings is 1. The predicted octanol–water partition coefficient (Wildman–Crippen LogP) is 2.21. The van der Waals surface area contributed by atoms with Crippen molar-refractivity contribution < 1.29 is 0 Å². The highest BCUT2D eigenvalue weighted by molar-refractivity contribution is 5.20. The summed E-state index contributed by atoms with van der Waals surface area (Å²) in [5, 5.41) is 3.40. The van der Waals surface area contributed by atoms with Crippen LogP contribution in [-0.2, 0) is 6.54 Å². The number of nitrogens with two attached hydrogens (primary N) is 1. The van der Waals surface area contributed by atoms with Crippen molar-refractivity contribution in [3.63, 3.8) is 0 Å². The molecular formula is C13H22N2. The molecule has 0 aliphatic heterocycles. The van der Waals surface area contributed by atoms with E-state index in [4.69, 9.17) is 5.73 Å². The second-order valence-corrected chi connectivity index (χ2v) is 4.90. The van der Waals surface area contributed by atoms with Crippen LogP contribution in [0, 0.1) is 6.92 Å². The van der Waals surface area contributed by atoms with Crippen molar-refractivity contribution in [3.8, 4) is 0 Å². The van der Waals surface area contributed by atoms with E-state index >= 15 is 0 Å². The molecule has 0 spiro atoms. The summed E-state index contributed by atoms with van der Waals surface area (Å²) in [6.45, 7) is 8.11. The van der Waals surface area contributed by atoms with Gasteiger partial charge in [0.2, 0.25) is 0 Å². The SMILES string of the molecule is Cc1ccc(CNCCC(C)(C)N)cc1. The fourth-order valence-electron chi connectivity index (χ4n) is 1.35. The summed E-state index contributed by atoms with van der Waals surface area (Å²) in [4.78, 5) is 0. The Balaban J connectivity index is 2.23. The summed E-state index contributed by atoms with van der Waals surface area (Å²) in [7, 11) is 0. The van der Waals surface area contributed by atoms with Gasteiger partial charge in [-0.1, -0.05) is 29.8 Å². The molecule has 0 saturated heterocycles. The van der Waals surface area contributed by atoms with E-state index in [1.807, 2.05) is 0 Å². The highest BCUT2D eigenvalue weighted by atomic mass is 14.9. The zero-order valence-electron chi connectivity index (χ0n) is 10.0. The molecule has 0 saturated carbocycles. The first-order valence-corrected chi connectivity index (χ1v) is 5.52. The van der Waals surface area contributed by atoms with Crippen molar-refractivity contribution in [2.24, 2.45) is 5.73 Å². The number of nitrogens with one attached hydrogen (secondary N) is 1. The van der Waals surface area contributed by atoms with Crippen LogP contribution in [0.25, 0.3) is 0 Å². The van der Waals surface area contributed by atoms with Crippen molar-refractivity contribution in [1.29, 1.82) is 0 Å². The van der Waals surface area contributed by atoms with Crippen LogP contribution >= 0.6 is 0 Å². The summed E-state index contributed by atoms with van der Waals surface area (Å²) < 4.78 is 0. The van der Waals surface area contributed by atoms with Gasteiger partial charge in [0.1, 0.15) is 0 Å². The zero-order valence-corrected chi connectivity index (χ0v) is 10.0. The molecule has 15 heavy (non-hydrogen) atoms. The van der Waals surface area contributed by atoms with Crippen molar-refractivity contribution >= 4 is 0 Å². The lowest BCUT2D eigenvalue weighted by atomic mass is 10.0. The maximum Gasteiger partial charge on any atom is 0.0205 e. The largest absolute Gasteiger partial charge is 0.326 e. The van der Waals surface area contributed by atoms with E-state index in [0.29, 0.717) is 0 Å². The van der Waals surface area contributed by atoms with E-state index in [2.05, 4.69) is 50.4 Å². The van der Waals surface area contributed by atoms with E-state index in [-0.39, 0.29) is 5.54 Å². The van der Waals surface area contributed by atoms with Gasteiger partial charge in [-0.25, -0.2) is 0 Å². The summed E-state index contributed by atoms with van der Waals surface area (Å²) in [6, 6.07) is 8.61. The van der Waals surface area contributed by atoms with E-state index in [1.54, 1.807) is 0 Å². The fourth-order valence-corrected chi connectivity index (χ4v) is 1.35. The van der Waals surface area contributed by atoms with E-state index in [0.717, 1.165) is 19.5 Å². The average molecular weight is 206 g/mol. The van der Waals surface area contributed by atoms with Crippen LogP contribution in [-0.4, -0.2) is 12.1 Å². The van der Waals surface area contributed by atoms with Gasteiger partial charge < -0.3 is 11.1 Å². The number of hydrogen-bond acceptors (Lipinski definition) is 2. The normalized spacial score (nSPS) is 11.7. The summed E-state index contributed by atoms with van der Waals surface area (Å²) in [5.41, 5.74) is 8.46. The van der Waals surface area contributed by atoms with Crippen molar-refractivity contribution in [1.82, 2.24) is 5.32 Å². The molecule has 1 aromatic carbocycles. The predicted molar refractivity (Wildman–Crippen MR) is 65.8 cm³/mol. The lowest BCUT2D eigenvalue weighted by molar-refractivity contribution is 0.455. The molecule has 0 aromatic heterocycles. The molecule has 3 N–H and O–H groups in total. The van der Waals surface area contributed by atoms with Gasteiger partial charge in [-0.2, -0.15) is 0 Å². The molecule has 1 aromatic rings. The highest BCUT2D eigenvalue weighted by Gasteiger charge is 2.08. The third-order valence-corrected chi connectivity index (χ3v) is 2.40. The maximum atomic E-state index is 5.89. The van der Waals surface area contributed by atoms with Crippen molar-refractivity contribution in [2.75, 3.05) is 6.54 Å². The van der Waals surface area contributed by atoms with Gasteiger partial charge in [-0.05, 0) is 39.3 Å². The smallest absolute Gasteiger partial charge is 0.0205 e. The van der Waals surface area contributed by atoms with E-state index < -0.39 is 0 Å². The minimum Gasteiger partial charge on any atom is -0.326 e. The molecule has 0 aliphatic rings. The van der Waals surface area contributed by atoms with Gasteiger partial charge in [0.25, 0.3) is 0 Å². The number of rotatable bonds is 5. The Morgan fingerprint density at radius 1 is 1.20 bits per heavy atom. The molecule has 2 nitrogen and oxygen atoms in total. The monoisotopic (exact) mass is 206 g/mol. The van der Waals surface area contributed by atoms with Crippen LogP contribution < -0.4 is 11.1 Å². The van der Waals surface area contributed by atoms with Gasteiger partial charge >= 0.3 is 0 Å². The lowest BCUT2D eigenvalue weighted by Gasteiger charge is -2.18. The van der Waals surface area contributed by atoms with Gasteiger partial charge in [0.05, 0.1) is 0 Å². The first kappa shape index (κ1) is 12.2. The third-order valence-electron chi connectivity index (χ3n) is 2.40. The number of aryl methyl sites for hydroxylation is 1. The molecule has 0 aliphatic carbocycles. The standard InChI is InChI=1S/C13H22N2/c1-11-4-6-12(7-5-11)10-15-9-8-13(2,3)14/h4-7,15H,8-10,14H2,1-3H3. The Morgan fingerprint density at radius 2 is 1.80 bits per heavy atom. The van der Waals surface area contributed by atoms with Gasteiger partial charge in [-0.15, -0.1) is 0 Å². The topological polar surface area (TPSA) is 38.0 Å². The Hall–Kier alpha value is -0.860. The minimum atomic E-state index is -0.0692. The molecule has 2 heteroatoms. The molecule has 0 unspecified atom stereocenters. The third kappa shape index (κ3) is 5.55. The molecular weight excluding hydrogens is 184 g/mol. The fraction of sp³-hybridized carbons (Fsp3) is 0.538. The van der Waals surface area contributed by atoms with Crippen LogP contribution in [0.5, 0.6) is 0 Å². The maximum absolute atomic E-state index is 5.89. The van der Waals surface area contributed by atoms with E-state index in [1.165, 1.54) is 11.1 Å². The van der Waals surface area contributed by atoms with Crippen LogP contribution in [0.3, 0.4) is 0 Å². The molecule has 84 valence electrons. The lowest BCUT2D eigenvalue weighted by Crippen LogP contribution is -2.35. The Labute approximate surface area is 92.9 Å². The quantitative estimate of drug-likeness (QED) is 0.725. The van der Waals surface area contributed by atoms with Crippen LogP contribution in [0.15, 0.2) is 24.3 Å². The molecule has 0 fully saturated rings. The van der Waals surface area contributed by atoms with Crippen LogP contribution in [0.4, 0.5) is 0 Å². The first-order chi connectivity index (χ1) is 6.97. The average Bonchev–Trinajstić information content (AvgIpc) is 2.14. The molecule has 0 amide bonds. The van der Waals surface area contributed by atoms with Gasteiger partial charge in [0.15, 0.2) is 0 Å². The second kappa shape index (κ2) is 5.29. The Kier molecular flexibility index (Phi) is 4.30. The van der Waals surface area contributed by atoms with E-state index in [9.17, 15) is 0 Å². The van der Waals surface area contributed by atoms with Gasteiger partial charge in [0, 0.05) is 12.1 Å². The molecule has 0 radical (unpaired) electrons. The Bertz CT molecular complexity index is 282. The zero-order chi connectivity index (χ0) is 11.3. The number of hydrogen-bond donors (Lipinski definition) is 2. The van der Waals surface area contributed by atoms with Crippen molar-refractivity contribution in [2.45, 2.75) is 39.3 Å². The van der Waals surface area contributed by atoms with Crippen molar-refractivity contribution in [3.05, 3.63) is 35.4 Å². The second-order valence-electron chi connectivity index (χ2n) is 4.90. The minimum absolute atomic E-state index is 0.0692.